The standard InChI is InChI=1S/C17H14FN3O3/c1-23-12-9-7-11(8-10-12)16(22)21-15(19-17(20-21)24-2)13-5-3-4-6-14(13)18/h3-10H,1-2H3. The lowest BCUT2D eigenvalue weighted by atomic mass is 10.1. The first-order valence-electron chi connectivity index (χ1n) is 7.08. The molecule has 0 bridgehead atoms. The third-order valence-corrected chi connectivity index (χ3v) is 3.41. The molecule has 0 radical (unpaired) electrons. The molecule has 0 unspecified atom stereocenters. The van der Waals surface area contributed by atoms with Gasteiger partial charge in [-0.1, -0.05) is 12.1 Å². The van der Waals surface area contributed by atoms with Crippen LogP contribution in [0.2, 0.25) is 0 Å². The van der Waals surface area contributed by atoms with Crippen molar-refractivity contribution < 1.29 is 18.7 Å². The first kappa shape index (κ1) is 15.7. The average molecular weight is 327 g/mol. The molecule has 122 valence electrons. The second kappa shape index (κ2) is 6.49. The lowest BCUT2D eigenvalue weighted by Crippen LogP contribution is -2.15. The summed E-state index contributed by atoms with van der Waals surface area (Å²) in [4.78, 5) is 16.8. The Labute approximate surface area is 137 Å². The smallest absolute Gasteiger partial charge is 0.336 e. The van der Waals surface area contributed by atoms with Gasteiger partial charge >= 0.3 is 6.01 Å². The predicted octanol–water partition coefficient (Wildman–Crippen LogP) is 2.79. The summed E-state index contributed by atoms with van der Waals surface area (Å²) in [5.74, 6) is -0.258. The second-order valence-electron chi connectivity index (χ2n) is 4.85. The number of ether oxygens (including phenoxy) is 2. The molecule has 0 atom stereocenters. The molecule has 6 nitrogen and oxygen atoms in total. The number of hydrogen-bond acceptors (Lipinski definition) is 5. The van der Waals surface area contributed by atoms with E-state index >= 15 is 0 Å². The Hall–Kier alpha value is -3.22. The Bertz CT molecular complexity index is 875. The minimum atomic E-state index is -0.503. The van der Waals surface area contributed by atoms with E-state index in [9.17, 15) is 9.18 Å². The van der Waals surface area contributed by atoms with Gasteiger partial charge in [-0.3, -0.25) is 4.79 Å². The summed E-state index contributed by atoms with van der Waals surface area (Å²) in [7, 11) is 2.91. The van der Waals surface area contributed by atoms with E-state index in [-0.39, 0.29) is 17.4 Å². The summed E-state index contributed by atoms with van der Waals surface area (Å²) in [5.41, 5.74) is 0.524. The second-order valence-corrected chi connectivity index (χ2v) is 4.85. The van der Waals surface area contributed by atoms with Crippen molar-refractivity contribution >= 4 is 5.91 Å². The maximum atomic E-state index is 14.1. The Kier molecular flexibility index (Phi) is 4.24. The molecule has 24 heavy (non-hydrogen) atoms. The molecule has 0 saturated carbocycles. The molecule has 0 aliphatic rings. The highest BCUT2D eigenvalue weighted by molar-refractivity contribution is 5.97. The van der Waals surface area contributed by atoms with E-state index in [0.717, 1.165) is 4.68 Å². The van der Waals surface area contributed by atoms with E-state index in [1.165, 1.54) is 26.4 Å². The topological polar surface area (TPSA) is 66.2 Å². The highest BCUT2D eigenvalue weighted by atomic mass is 19.1. The van der Waals surface area contributed by atoms with Crippen molar-refractivity contribution in [2.45, 2.75) is 0 Å². The predicted molar refractivity (Wildman–Crippen MR) is 84.7 cm³/mol. The fourth-order valence-electron chi connectivity index (χ4n) is 2.19. The average Bonchev–Trinajstić information content (AvgIpc) is 3.06. The number of carbonyl (C=O) groups excluding carboxylic acids is 1. The van der Waals surface area contributed by atoms with E-state index in [0.29, 0.717) is 11.3 Å². The minimum Gasteiger partial charge on any atom is -0.497 e. The van der Waals surface area contributed by atoms with Crippen molar-refractivity contribution in [1.29, 1.82) is 0 Å². The van der Waals surface area contributed by atoms with E-state index in [1.807, 2.05) is 0 Å². The molecule has 3 aromatic rings. The molecular weight excluding hydrogens is 313 g/mol. The summed E-state index contributed by atoms with van der Waals surface area (Å²) in [6.07, 6.45) is 0. The highest BCUT2D eigenvalue weighted by Crippen LogP contribution is 2.24. The first-order valence-corrected chi connectivity index (χ1v) is 7.08. The maximum Gasteiger partial charge on any atom is 0.336 e. The largest absolute Gasteiger partial charge is 0.497 e. The van der Waals surface area contributed by atoms with Crippen LogP contribution in [0.3, 0.4) is 0 Å². The van der Waals surface area contributed by atoms with Crippen LogP contribution < -0.4 is 9.47 Å². The van der Waals surface area contributed by atoms with E-state index in [2.05, 4.69) is 10.1 Å². The number of benzene rings is 2. The third-order valence-electron chi connectivity index (χ3n) is 3.41. The van der Waals surface area contributed by atoms with E-state index < -0.39 is 11.7 Å². The van der Waals surface area contributed by atoms with E-state index in [1.54, 1.807) is 36.4 Å². The SMILES string of the molecule is COc1ccc(C(=O)n2nc(OC)nc2-c2ccccc2F)cc1. The van der Waals surface area contributed by atoms with Crippen molar-refractivity contribution in [3.8, 4) is 23.1 Å². The Balaban J connectivity index is 2.08. The third kappa shape index (κ3) is 2.83. The molecular formula is C17H14FN3O3. The number of carbonyl (C=O) groups is 1. The van der Waals surface area contributed by atoms with Crippen LogP contribution in [0, 0.1) is 5.82 Å². The first-order chi connectivity index (χ1) is 11.6. The summed E-state index contributed by atoms with van der Waals surface area (Å²) < 4.78 is 25.2. The van der Waals surface area contributed by atoms with Crippen LogP contribution in [0.5, 0.6) is 11.8 Å². The number of methoxy groups -OCH3 is 2. The van der Waals surface area contributed by atoms with Gasteiger partial charge in [-0.25, -0.2) is 4.39 Å². The molecule has 7 heteroatoms. The molecule has 3 rings (SSSR count). The minimum absolute atomic E-state index is 0.0184. The fourth-order valence-corrected chi connectivity index (χ4v) is 2.19. The Morgan fingerprint density at radius 1 is 1.04 bits per heavy atom. The Morgan fingerprint density at radius 3 is 2.38 bits per heavy atom. The van der Waals surface area contributed by atoms with Crippen LogP contribution in [0.4, 0.5) is 4.39 Å². The highest BCUT2D eigenvalue weighted by Gasteiger charge is 2.21. The normalized spacial score (nSPS) is 10.5. The molecule has 2 aromatic carbocycles. The Morgan fingerprint density at radius 2 is 1.75 bits per heavy atom. The van der Waals surface area contributed by atoms with Gasteiger partial charge in [0.1, 0.15) is 11.6 Å². The molecule has 0 fully saturated rings. The summed E-state index contributed by atoms with van der Waals surface area (Å²) in [5, 5.41) is 4.00. The van der Waals surface area contributed by atoms with Gasteiger partial charge < -0.3 is 9.47 Å². The number of aromatic nitrogens is 3. The molecule has 1 aromatic heterocycles. The summed E-state index contributed by atoms with van der Waals surface area (Å²) >= 11 is 0. The van der Waals surface area contributed by atoms with Crippen LogP contribution in [0.15, 0.2) is 48.5 Å². The van der Waals surface area contributed by atoms with Crippen molar-refractivity contribution in [2.75, 3.05) is 14.2 Å². The van der Waals surface area contributed by atoms with Crippen LogP contribution in [-0.4, -0.2) is 34.9 Å². The fraction of sp³-hybridized carbons (Fsp3) is 0.118. The van der Waals surface area contributed by atoms with Crippen molar-refractivity contribution in [1.82, 2.24) is 14.8 Å². The maximum absolute atomic E-state index is 14.1. The van der Waals surface area contributed by atoms with Crippen LogP contribution in [0.1, 0.15) is 10.4 Å². The molecule has 0 spiro atoms. The van der Waals surface area contributed by atoms with Gasteiger partial charge in [0.15, 0.2) is 5.82 Å². The molecule has 0 aliphatic carbocycles. The van der Waals surface area contributed by atoms with Gasteiger partial charge in [-0.15, -0.1) is 5.10 Å². The van der Waals surface area contributed by atoms with Crippen molar-refractivity contribution in [3.63, 3.8) is 0 Å². The zero-order valence-electron chi connectivity index (χ0n) is 13.1. The molecule has 0 amide bonds. The summed E-state index contributed by atoms with van der Waals surface area (Å²) in [6.45, 7) is 0. The zero-order valence-corrected chi connectivity index (χ0v) is 13.1. The monoisotopic (exact) mass is 327 g/mol. The van der Waals surface area contributed by atoms with Crippen LogP contribution in [0.25, 0.3) is 11.4 Å². The zero-order chi connectivity index (χ0) is 17.1. The molecule has 0 N–H and O–H groups in total. The van der Waals surface area contributed by atoms with Gasteiger partial charge in [0.05, 0.1) is 19.8 Å². The van der Waals surface area contributed by atoms with Gasteiger partial charge in [0.25, 0.3) is 5.91 Å². The van der Waals surface area contributed by atoms with E-state index in [4.69, 9.17) is 9.47 Å². The summed E-state index contributed by atoms with van der Waals surface area (Å²) in [6, 6.07) is 12.5. The number of hydrogen-bond donors (Lipinski definition) is 0. The van der Waals surface area contributed by atoms with Gasteiger partial charge in [0.2, 0.25) is 0 Å². The quantitative estimate of drug-likeness (QED) is 0.737. The molecule has 0 aliphatic heterocycles. The van der Waals surface area contributed by atoms with Crippen LogP contribution >= 0.6 is 0 Å². The lowest BCUT2D eigenvalue weighted by molar-refractivity contribution is 0.0945. The lowest BCUT2D eigenvalue weighted by Gasteiger charge is -2.06. The van der Waals surface area contributed by atoms with Gasteiger partial charge in [-0.2, -0.15) is 9.67 Å². The van der Waals surface area contributed by atoms with Crippen molar-refractivity contribution in [2.24, 2.45) is 0 Å². The number of nitrogens with zero attached hydrogens (tertiary/aromatic N) is 3. The van der Waals surface area contributed by atoms with Crippen molar-refractivity contribution in [3.05, 3.63) is 59.9 Å². The van der Waals surface area contributed by atoms with Gasteiger partial charge in [-0.05, 0) is 36.4 Å². The molecule has 1 heterocycles. The number of halogens is 1. The van der Waals surface area contributed by atoms with Gasteiger partial charge in [0, 0.05) is 5.56 Å². The molecule has 0 saturated heterocycles. The number of rotatable bonds is 4. The van der Waals surface area contributed by atoms with Crippen LogP contribution in [-0.2, 0) is 0 Å².